The number of hydrogen-bond donors (Lipinski definition) is 1. The van der Waals surface area contributed by atoms with Crippen LogP contribution in [0.15, 0.2) is 17.7 Å². The van der Waals surface area contributed by atoms with Crippen molar-refractivity contribution in [3.63, 3.8) is 0 Å². The van der Waals surface area contributed by atoms with Gasteiger partial charge in [-0.2, -0.15) is 5.26 Å². The number of nitriles is 1. The number of amides is 1. The lowest BCUT2D eigenvalue weighted by molar-refractivity contribution is -0.385. The molecule has 0 heterocycles. The number of nitrogens with zero attached hydrogens (tertiary/aromatic N) is 3. The minimum atomic E-state index is -1.49. The highest BCUT2D eigenvalue weighted by Gasteiger charge is 2.56. The van der Waals surface area contributed by atoms with E-state index in [1.807, 2.05) is 0 Å². The van der Waals surface area contributed by atoms with E-state index < -0.39 is 45.7 Å². The highest BCUT2D eigenvalue weighted by atomic mass is 16.7. The Morgan fingerprint density at radius 3 is 2.39 bits per heavy atom. The molecule has 1 saturated carbocycles. The molecule has 33 heavy (non-hydrogen) atoms. The van der Waals surface area contributed by atoms with Gasteiger partial charge in [0.2, 0.25) is 11.4 Å². The minimum Gasteiger partial charge on any atom is -0.499 e. The lowest BCUT2D eigenvalue weighted by Crippen LogP contribution is -2.32. The summed E-state index contributed by atoms with van der Waals surface area (Å²) in [5, 5.41) is 30.9. The number of benzene rings is 1. The smallest absolute Gasteiger partial charge is 0.499 e. The first-order valence-electron chi connectivity index (χ1n) is 10.1. The fourth-order valence-electron chi connectivity index (χ4n) is 2.90. The number of aromatic hydroxyl groups is 1. The van der Waals surface area contributed by atoms with Crippen LogP contribution in [0.4, 0.5) is 10.5 Å². The Kier molecular flexibility index (Phi) is 7.95. The third-order valence-electron chi connectivity index (χ3n) is 4.81. The first-order valence-corrected chi connectivity index (χ1v) is 10.1. The van der Waals surface area contributed by atoms with Gasteiger partial charge in [0.15, 0.2) is 5.75 Å². The molecule has 176 valence electrons. The Morgan fingerprint density at radius 2 is 1.91 bits per heavy atom. The summed E-state index contributed by atoms with van der Waals surface area (Å²) in [5.74, 6) is -2.95. The molecule has 0 unspecified atom stereocenters. The number of esters is 1. The summed E-state index contributed by atoms with van der Waals surface area (Å²) in [6.45, 7) is 5.79. The molecule has 1 aromatic rings. The molecule has 0 bridgehead atoms. The second-order valence-corrected chi connectivity index (χ2v) is 6.96. The predicted octanol–water partition coefficient (Wildman–Crippen LogP) is 2.69. The van der Waals surface area contributed by atoms with Crippen LogP contribution in [-0.4, -0.2) is 58.3 Å². The topological polar surface area (TPSA) is 169 Å². The van der Waals surface area contributed by atoms with Crippen molar-refractivity contribution in [3.8, 4) is 17.6 Å². The Bertz CT molecular complexity index is 1030. The van der Waals surface area contributed by atoms with Crippen molar-refractivity contribution in [1.29, 1.82) is 5.26 Å². The van der Waals surface area contributed by atoms with Crippen molar-refractivity contribution >= 4 is 29.8 Å². The van der Waals surface area contributed by atoms with Crippen molar-refractivity contribution in [2.24, 2.45) is 0 Å². The Hall–Kier alpha value is -4.14. The second kappa shape index (κ2) is 10.4. The zero-order valence-corrected chi connectivity index (χ0v) is 18.3. The molecule has 0 radical (unpaired) electrons. The molecular formula is C21H23N3O9. The van der Waals surface area contributed by atoms with Gasteiger partial charge in [0, 0.05) is 32.0 Å². The molecule has 12 heteroatoms. The molecule has 1 aliphatic carbocycles. The molecule has 1 fully saturated rings. The van der Waals surface area contributed by atoms with Gasteiger partial charge < -0.3 is 24.2 Å². The maximum Gasteiger partial charge on any atom is 0.515 e. The molecule has 1 amide bonds. The zero-order valence-electron chi connectivity index (χ0n) is 18.3. The average molecular weight is 461 g/mol. The monoisotopic (exact) mass is 461 g/mol. The number of carbonyl (C=O) groups excluding carboxylic acids is 3. The van der Waals surface area contributed by atoms with Crippen LogP contribution < -0.4 is 4.74 Å². The van der Waals surface area contributed by atoms with Gasteiger partial charge in [-0.25, -0.2) is 9.59 Å². The lowest BCUT2D eigenvalue weighted by Gasteiger charge is -2.17. The van der Waals surface area contributed by atoms with Gasteiger partial charge in [-0.3, -0.25) is 14.9 Å². The van der Waals surface area contributed by atoms with Crippen LogP contribution in [0.3, 0.4) is 0 Å². The van der Waals surface area contributed by atoms with E-state index in [2.05, 4.69) is 0 Å². The Labute approximate surface area is 189 Å². The van der Waals surface area contributed by atoms with E-state index in [4.69, 9.17) is 14.2 Å². The summed E-state index contributed by atoms with van der Waals surface area (Å²) in [6, 6.07) is 3.69. The van der Waals surface area contributed by atoms with Crippen LogP contribution in [-0.2, 0) is 19.1 Å². The highest BCUT2D eigenvalue weighted by molar-refractivity contribution is 6.01. The van der Waals surface area contributed by atoms with E-state index in [9.17, 15) is 34.9 Å². The van der Waals surface area contributed by atoms with Crippen molar-refractivity contribution in [1.82, 2.24) is 4.90 Å². The van der Waals surface area contributed by atoms with Gasteiger partial charge in [0.05, 0.1) is 11.5 Å². The van der Waals surface area contributed by atoms with Gasteiger partial charge in [0.1, 0.15) is 11.6 Å². The Balaban J connectivity index is 2.37. The number of rotatable bonds is 9. The van der Waals surface area contributed by atoms with Gasteiger partial charge in [-0.1, -0.05) is 0 Å². The third kappa shape index (κ3) is 5.76. The first kappa shape index (κ1) is 25.1. The van der Waals surface area contributed by atoms with E-state index in [1.165, 1.54) is 4.90 Å². The molecule has 2 rings (SSSR count). The molecule has 0 spiro atoms. The van der Waals surface area contributed by atoms with E-state index in [0.29, 0.717) is 13.1 Å². The number of phenolic OH excluding ortho intramolecular Hbond substituents is 1. The number of nitro benzene ring substituents is 1. The lowest BCUT2D eigenvalue weighted by atomic mass is 10.1. The number of phenols is 1. The van der Waals surface area contributed by atoms with Gasteiger partial charge in [-0.15, -0.1) is 0 Å². The maximum atomic E-state index is 12.5. The minimum absolute atomic E-state index is 0.0501. The first-order chi connectivity index (χ1) is 15.6. The van der Waals surface area contributed by atoms with Crippen LogP contribution >= 0.6 is 0 Å². The summed E-state index contributed by atoms with van der Waals surface area (Å²) in [4.78, 5) is 48.4. The van der Waals surface area contributed by atoms with E-state index in [-0.39, 0.29) is 30.6 Å². The van der Waals surface area contributed by atoms with Crippen LogP contribution in [0, 0.1) is 21.4 Å². The molecule has 1 aliphatic rings. The van der Waals surface area contributed by atoms with Crippen LogP contribution in [0.2, 0.25) is 0 Å². The zero-order chi connectivity index (χ0) is 24.8. The second-order valence-electron chi connectivity index (χ2n) is 6.96. The standard InChI is InChI=1S/C21H23N3O9/c1-4-23(5-2)18(26)14(12-22)9-13-10-15(24(29)30)17(25)16(11-13)32-20(28)33-21(7-8-21)19(27)31-6-3/h9-11,25H,4-8H2,1-3H3. The number of hydrogen-bond acceptors (Lipinski definition) is 10. The van der Waals surface area contributed by atoms with Crippen LogP contribution in [0.1, 0.15) is 39.2 Å². The number of ether oxygens (including phenoxy) is 3. The normalized spacial score (nSPS) is 13.9. The summed E-state index contributed by atoms with van der Waals surface area (Å²) >= 11 is 0. The largest absolute Gasteiger partial charge is 0.515 e. The van der Waals surface area contributed by atoms with Crippen molar-refractivity contribution in [2.45, 2.75) is 39.2 Å². The Morgan fingerprint density at radius 1 is 1.27 bits per heavy atom. The molecule has 0 aliphatic heterocycles. The molecule has 0 atom stereocenters. The van der Waals surface area contributed by atoms with E-state index >= 15 is 0 Å². The van der Waals surface area contributed by atoms with E-state index in [0.717, 1.165) is 18.2 Å². The quantitative estimate of drug-likeness (QED) is 0.144. The molecule has 1 N–H and O–H groups in total. The molecule has 1 aromatic carbocycles. The fourth-order valence-corrected chi connectivity index (χ4v) is 2.90. The highest BCUT2D eigenvalue weighted by Crippen LogP contribution is 2.42. The maximum absolute atomic E-state index is 12.5. The summed E-state index contributed by atoms with van der Waals surface area (Å²) < 4.78 is 14.8. The van der Waals surface area contributed by atoms with Crippen LogP contribution in [0.25, 0.3) is 6.08 Å². The summed E-state index contributed by atoms with van der Waals surface area (Å²) in [5.41, 5.74) is -2.68. The van der Waals surface area contributed by atoms with Gasteiger partial charge in [0.25, 0.3) is 5.91 Å². The third-order valence-corrected chi connectivity index (χ3v) is 4.81. The number of carbonyl (C=O) groups is 3. The van der Waals surface area contributed by atoms with Gasteiger partial charge in [-0.05, 0) is 38.5 Å². The van der Waals surface area contributed by atoms with Crippen LogP contribution in [0.5, 0.6) is 11.5 Å². The SMILES string of the molecule is CCOC(=O)C1(OC(=O)Oc2cc(C=C(C#N)C(=O)N(CC)CC)cc([N+](=O)[O-])c2O)CC1. The molecule has 0 aromatic heterocycles. The number of likely N-dealkylation sites (N-methyl/N-ethyl adjacent to an activating group) is 1. The van der Waals surface area contributed by atoms with Crippen molar-refractivity contribution in [3.05, 3.63) is 33.4 Å². The number of nitro groups is 1. The molecule has 0 saturated heterocycles. The predicted molar refractivity (Wildman–Crippen MR) is 112 cm³/mol. The summed E-state index contributed by atoms with van der Waals surface area (Å²) in [7, 11) is 0. The molecular weight excluding hydrogens is 438 g/mol. The summed E-state index contributed by atoms with van der Waals surface area (Å²) in [6.07, 6.45) is 0.127. The van der Waals surface area contributed by atoms with Crippen molar-refractivity contribution in [2.75, 3.05) is 19.7 Å². The van der Waals surface area contributed by atoms with E-state index in [1.54, 1.807) is 26.8 Å². The molecule has 12 nitrogen and oxygen atoms in total. The van der Waals surface area contributed by atoms with Gasteiger partial charge >= 0.3 is 17.8 Å². The average Bonchev–Trinajstić information content (AvgIpc) is 3.55. The van der Waals surface area contributed by atoms with Crippen molar-refractivity contribution < 1.29 is 38.6 Å². The fraction of sp³-hybridized carbons (Fsp3) is 0.429.